The van der Waals surface area contributed by atoms with Crippen molar-refractivity contribution in [1.82, 2.24) is 5.32 Å². The molecule has 6 nitrogen and oxygen atoms in total. The van der Waals surface area contributed by atoms with Crippen LogP contribution < -0.4 is 10.6 Å². The first-order valence-electron chi connectivity index (χ1n) is 6.28. The van der Waals surface area contributed by atoms with Crippen LogP contribution in [0.2, 0.25) is 0 Å². The van der Waals surface area contributed by atoms with Gasteiger partial charge in [-0.05, 0) is 30.7 Å². The van der Waals surface area contributed by atoms with E-state index in [4.69, 9.17) is 5.11 Å². The summed E-state index contributed by atoms with van der Waals surface area (Å²) in [5.74, 6) is 0.305. The molecule has 1 unspecified atom stereocenters. The highest BCUT2D eigenvalue weighted by Gasteiger charge is 2.18. The molecule has 2 amide bonds. The smallest absolute Gasteiger partial charge is 0.339 e. The number of aromatic carboxylic acids is 1. The molecule has 1 aliphatic heterocycles. The van der Waals surface area contributed by atoms with Crippen LogP contribution in [0.25, 0.3) is 0 Å². The zero-order chi connectivity index (χ0) is 14.5. The number of phenols is 1. The monoisotopic (exact) mass is 296 g/mol. The molecule has 7 heteroatoms. The summed E-state index contributed by atoms with van der Waals surface area (Å²) >= 11 is 1.79. The molecule has 4 N–H and O–H groups in total. The number of aromatic hydroxyl groups is 1. The minimum atomic E-state index is -1.24. The van der Waals surface area contributed by atoms with Crippen LogP contribution >= 0.6 is 11.8 Å². The van der Waals surface area contributed by atoms with Gasteiger partial charge in [0.25, 0.3) is 0 Å². The van der Waals surface area contributed by atoms with Crippen molar-refractivity contribution in [2.24, 2.45) is 0 Å². The predicted molar refractivity (Wildman–Crippen MR) is 77.6 cm³/mol. The highest BCUT2D eigenvalue weighted by atomic mass is 32.2. The number of carbonyl (C=O) groups excluding carboxylic acids is 1. The number of carboxylic acids is 1. The normalized spacial score (nSPS) is 18.3. The van der Waals surface area contributed by atoms with Crippen molar-refractivity contribution in [2.45, 2.75) is 18.9 Å². The number of urea groups is 1. The Labute approximate surface area is 120 Å². The molecular weight excluding hydrogens is 280 g/mol. The van der Waals surface area contributed by atoms with Gasteiger partial charge in [0.05, 0.1) is 5.69 Å². The van der Waals surface area contributed by atoms with Gasteiger partial charge < -0.3 is 20.8 Å². The highest BCUT2D eigenvalue weighted by Crippen LogP contribution is 2.27. The molecule has 0 bridgehead atoms. The van der Waals surface area contributed by atoms with E-state index in [1.807, 2.05) is 0 Å². The third-order valence-electron chi connectivity index (χ3n) is 3.01. The molecular formula is C13H16N2O4S. The van der Waals surface area contributed by atoms with Crippen molar-refractivity contribution in [1.29, 1.82) is 0 Å². The van der Waals surface area contributed by atoms with Gasteiger partial charge in [0.1, 0.15) is 5.56 Å². The number of rotatable bonds is 3. The summed E-state index contributed by atoms with van der Waals surface area (Å²) in [6.45, 7) is 0. The Kier molecular flexibility index (Phi) is 4.73. The van der Waals surface area contributed by atoms with E-state index in [1.165, 1.54) is 18.2 Å². The lowest BCUT2D eigenvalue weighted by Gasteiger charge is -2.22. The second kappa shape index (κ2) is 6.51. The fourth-order valence-corrected chi connectivity index (χ4v) is 3.09. The van der Waals surface area contributed by atoms with Gasteiger partial charge in [-0.1, -0.05) is 6.07 Å². The number of hydrogen-bond acceptors (Lipinski definition) is 4. The number of para-hydroxylation sites is 1. The Bertz CT molecular complexity index is 515. The molecule has 20 heavy (non-hydrogen) atoms. The maximum absolute atomic E-state index is 11.8. The van der Waals surface area contributed by atoms with Gasteiger partial charge in [0, 0.05) is 11.8 Å². The third kappa shape index (κ3) is 3.57. The van der Waals surface area contributed by atoms with Crippen molar-refractivity contribution < 1.29 is 19.8 Å². The van der Waals surface area contributed by atoms with E-state index in [2.05, 4.69) is 10.6 Å². The molecule has 1 saturated heterocycles. The number of benzene rings is 1. The molecule has 2 rings (SSSR count). The van der Waals surface area contributed by atoms with Gasteiger partial charge in [-0.2, -0.15) is 11.8 Å². The number of carbonyl (C=O) groups is 2. The standard InChI is InChI=1S/C13H16N2O4S/c16-11-9(12(17)18)4-1-5-10(11)15-13(19)14-8-3-2-6-20-7-8/h1,4-5,8,16H,2-3,6-7H2,(H,17,18)(H2,14,15,19). The average molecular weight is 296 g/mol. The molecule has 1 aromatic carbocycles. The van der Waals surface area contributed by atoms with Crippen molar-refractivity contribution in [3.63, 3.8) is 0 Å². The summed E-state index contributed by atoms with van der Waals surface area (Å²) in [7, 11) is 0. The summed E-state index contributed by atoms with van der Waals surface area (Å²) in [6, 6.07) is 3.87. The summed E-state index contributed by atoms with van der Waals surface area (Å²) in [5, 5.41) is 24.0. The van der Waals surface area contributed by atoms with Gasteiger partial charge >= 0.3 is 12.0 Å². The minimum absolute atomic E-state index is 0.0888. The van der Waals surface area contributed by atoms with Gasteiger partial charge in [-0.15, -0.1) is 0 Å². The molecule has 0 saturated carbocycles. The fourth-order valence-electron chi connectivity index (χ4n) is 2.02. The Morgan fingerprint density at radius 3 is 2.80 bits per heavy atom. The number of hydrogen-bond donors (Lipinski definition) is 4. The van der Waals surface area contributed by atoms with Crippen molar-refractivity contribution in [2.75, 3.05) is 16.8 Å². The third-order valence-corrected chi connectivity index (χ3v) is 4.23. The molecule has 0 aromatic heterocycles. The van der Waals surface area contributed by atoms with Crippen LogP contribution in [-0.2, 0) is 0 Å². The van der Waals surface area contributed by atoms with Gasteiger partial charge in [0.2, 0.25) is 0 Å². The maximum atomic E-state index is 11.8. The SMILES string of the molecule is O=C(Nc1cccc(C(=O)O)c1O)NC1CCCSC1. The molecule has 1 aliphatic rings. The van der Waals surface area contributed by atoms with Crippen LogP contribution in [0.4, 0.5) is 10.5 Å². The molecule has 1 aromatic rings. The number of thioether (sulfide) groups is 1. The molecule has 1 atom stereocenters. The first-order chi connectivity index (χ1) is 9.58. The largest absolute Gasteiger partial charge is 0.505 e. The Morgan fingerprint density at radius 2 is 2.15 bits per heavy atom. The number of amides is 2. The van der Waals surface area contributed by atoms with E-state index >= 15 is 0 Å². The Hall–Kier alpha value is -1.89. The summed E-state index contributed by atoms with van der Waals surface area (Å²) in [6.07, 6.45) is 2.00. The lowest BCUT2D eigenvalue weighted by atomic mass is 10.1. The number of nitrogens with one attached hydrogen (secondary N) is 2. The second-order valence-corrected chi connectivity index (χ2v) is 5.67. The van der Waals surface area contributed by atoms with Crippen LogP contribution in [0.5, 0.6) is 5.75 Å². The number of anilines is 1. The van der Waals surface area contributed by atoms with E-state index in [-0.39, 0.29) is 17.3 Å². The lowest BCUT2D eigenvalue weighted by Crippen LogP contribution is -2.40. The first-order valence-corrected chi connectivity index (χ1v) is 7.44. The van der Waals surface area contributed by atoms with E-state index in [1.54, 1.807) is 11.8 Å². The van der Waals surface area contributed by atoms with E-state index < -0.39 is 17.7 Å². The van der Waals surface area contributed by atoms with E-state index in [9.17, 15) is 14.7 Å². The van der Waals surface area contributed by atoms with E-state index in [0.29, 0.717) is 0 Å². The molecule has 1 fully saturated rings. The van der Waals surface area contributed by atoms with Crippen molar-refractivity contribution >= 4 is 29.4 Å². The quantitative estimate of drug-likeness (QED) is 0.640. The molecule has 0 spiro atoms. The fraction of sp³-hybridized carbons (Fsp3) is 0.385. The van der Waals surface area contributed by atoms with Crippen LogP contribution in [0.15, 0.2) is 18.2 Å². The highest BCUT2D eigenvalue weighted by molar-refractivity contribution is 7.99. The Balaban J connectivity index is 2.00. The summed E-state index contributed by atoms with van der Waals surface area (Å²) in [5.41, 5.74) is -0.151. The topological polar surface area (TPSA) is 98.7 Å². The number of carboxylic acid groups (broad SMARTS) is 1. The second-order valence-electron chi connectivity index (χ2n) is 4.52. The lowest BCUT2D eigenvalue weighted by molar-refractivity contribution is 0.0693. The average Bonchev–Trinajstić information content (AvgIpc) is 2.42. The summed E-state index contributed by atoms with van der Waals surface area (Å²) < 4.78 is 0. The zero-order valence-corrected chi connectivity index (χ0v) is 11.6. The first kappa shape index (κ1) is 14.5. The van der Waals surface area contributed by atoms with E-state index in [0.717, 1.165) is 24.3 Å². The van der Waals surface area contributed by atoms with Gasteiger partial charge in [-0.3, -0.25) is 0 Å². The van der Waals surface area contributed by atoms with Crippen molar-refractivity contribution in [3.05, 3.63) is 23.8 Å². The maximum Gasteiger partial charge on any atom is 0.339 e. The molecule has 108 valence electrons. The molecule has 1 heterocycles. The summed E-state index contributed by atoms with van der Waals surface area (Å²) in [4.78, 5) is 22.7. The minimum Gasteiger partial charge on any atom is -0.505 e. The van der Waals surface area contributed by atoms with Gasteiger partial charge in [0.15, 0.2) is 5.75 Å². The zero-order valence-electron chi connectivity index (χ0n) is 10.8. The molecule has 0 aliphatic carbocycles. The van der Waals surface area contributed by atoms with Gasteiger partial charge in [-0.25, -0.2) is 9.59 Å². The van der Waals surface area contributed by atoms with Crippen molar-refractivity contribution in [3.8, 4) is 5.75 Å². The van der Waals surface area contributed by atoms with Crippen LogP contribution in [0, 0.1) is 0 Å². The molecule has 0 radical (unpaired) electrons. The predicted octanol–water partition coefficient (Wildman–Crippen LogP) is 2.11. The van der Waals surface area contributed by atoms with Crippen LogP contribution in [0.1, 0.15) is 23.2 Å². The van der Waals surface area contributed by atoms with Crippen LogP contribution in [0.3, 0.4) is 0 Å². The Morgan fingerprint density at radius 1 is 1.35 bits per heavy atom. The van der Waals surface area contributed by atoms with Crippen LogP contribution in [-0.4, -0.2) is 39.8 Å².